The van der Waals surface area contributed by atoms with Crippen LogP contribution in [0, 0.1) is 0 Å². The van der Waals surface area contributed by atoms with E-state index in [0.29, 0.717) is 10.7 Å². The first kappa shape index (κ1) is 15.2. The Balaban J connectivity index is 1.65. The van der Waals surface area contributed by atoms with Gasteiger partial charge in [-0.15, -0.1) is 10.2 Å². The Morgan fingerprint density at radius 1 is 1.21 bits per heavy atom. The van der Waals surface area contributed by atoms with Crippen molar-refractivity contribution in [3.05, 3.63) is 48.2 Å². The number of hydrogen-bond donors (Lipinski definition) is 1. The molecular formula is C17H13N3O2S2. The summed E-state index contributed by atoms with van der Waals surface area (Å²) in [6.07, 6.45) is 0. The van der Waals surface area contributed by atoms with E-state index >= 15 is 0 Å². The van der Waals surface area contributed by atoms with Crippen LogP contribution in [-0.4, -0.2) is 21.9 Å². The third-order valence-electron chi connectivity index (χ3n) is 3.54. The zero-order valence-corrected chi connectivity index (χ0v) is 14.4. The van der Waals surface area contributed by atoms with E-state index in [0.717, 1.165) is 26.3 Å². The van der Waals surface area contributed by atoms with Crippen molar-refractivity contribution >= 4 is 55.9 Å². The van der Waals surface area contributed by atoms with Gasteiger partial charge in [-0.1, -0.05) is 60.4 Å². The van der Waals surface area contributed by atoms with E-state index in [1.54, 1.807) is 17.8 Å². The van der Waals surface area contributed by atoms with Crippen LogP contribution in [0.2, 0.25) is 0 Å². The number of thioether (sulfide) groups is 1. The number of hydrogen-bond acceptors (Lipinski definition) is 6. The maximum Gasteiger partial charge on any atom is 0.293 e. The predicted octanol–water partition coefficient (Wildman–Crippen LogP) is 4.80. The number of nitrogens with one attached hydrogen (secondary N) is 1. The largest absolute Gasteiger partial charge is 0.451 e. The molecule has 0 fully saturated rings. The summed E-state index contributed by atoms with van der Waals surface area (Å²) in [5, 5.41) is 14.3. The number of furan rings is 1. The quantitative estimate of drug-likeness (QED) is 0.420. The van der Waals surface area contributed by atoms with Crippen molar-refractivity contribution in [2.75, 3.05) is 11.1 Å². The molecule has 2 aromatic carbocycles. The van der Waals surface area contributed by atoms with Crippen LogP contribution < -0.4 is 5.32 Å². The van der Waals surface area contributed by atoms with Gasteiger partial charge in [-0.05, 0) is 28.7 Å². The van der Waals surface area contributed by atoms with Crippen LogP contribution in [0.5, 0.6) is 0 Å². The van der Waals surface area contributed by atoms with Gasteiger partial charge < -0.3 is 4.42 Å². The van der Waals surface area contributed by atoms with E-state index in [1.165, 1.54) is 11.3 Å². The number of carbonyl (C=O) groups is 1. The van der Waals surface area contributed by atoms with E-state index in [-0.39, 0.29) is 11.7 Å². The Hall–Kier alpha value is -2.38. The summed E-state index contributed by atoms with van der Waals surface area (Å²) in [7, 11) is 0. The van der Waals surface area contributed by atoms with Crippen LogP contribution in [0.1, 0.15) is 17.5 Å². The number of aromatic nitrogens is 2. The average Bonchev–Trinajstić information content (AvgIpc) is 3.22. The molecule has 2 aromatic heterocycles. The lowest BCUT2D eigenvalue weighted by Crippen LogP contribution is -2.10. The molecule has 120 valence electrons. The molecule has 0 aliphatic rings. The van der Waals surface area contributed by atoms with E-state index in [2.05, 4.69) is 15.5 Å². The normalized spacial score (nSPS) is 11.2. The monoisotopic (exact) mass is 355 g/mol. The van der Waals surface area contributed by atoms with Gasteiger partial charge in [-0.3, -0.25) is 10.1 Å². The number of carbonyl (C=O) groups excluding carboxylic acids is 1. The van der Waals surface area contributed by atoms with Crippen molar-refractivity contribution in [1.82, 2.24) is 10.2 Å². The van der Waals surface area contributed by atoms with Gasteiger partial charge in [0.2, 0.25) is 5.13 Å². The molecule has 2 heterocycles. The van der Waals surface area contributed by atoms with Crippen molar-refractivity contribution in [2.24, 2.45) is 0 Å². The second-order valence-electron chi connectivity index (χ2n) is 5.07. The summed E-state index contributed by atoms with van der Waals surface area (Å²) in [4.78, 5) is 12.4. The van der Waals surface area contributed by atoms with Crippen molar-refractivity contribution in [1.29, 1.82) is 0 Å². The topological polar surface area (TPSA) is 68.0 Å². The first-order valence-electron chi connectivity index (χ1n) is 7.43. The van der Waals surface area contributed by atoms with Crippen molar-refractivity contribution < 1.29 is 9.21 Å². The summed E-state index contributed by atoms with van der Waals surface area (Å²) in [6.45, 7) is 2.04. The summed E-state index contributed by atoms with van der Waals surface area (Å²) in [6, 6.07) is 13.7. The Bertz CT molecular complexity index is 1040. The number of nitrogens with zero attached hydrogens (tertiary/aromatic N) is 2. The van der Waals surface area contributed by atoms with Gasteiger partial charge in [0.15, 0.2) is 10.1 Å². The van der Waals surface area contributed by atoms with Gasteiger partial charge in [0.1, 0.15) is 5.58 Å². The van der Waals surface area contributed by atoms with Gasteiger partial charge in [0.25, 0.3) is 5.91 Å². The molecule has 0 atom stereocenters. The standard InChI is InChI=1S/C17H13N3O2S2/c1-2-23-17-20-19-16(24-17)18-15(21)14-9-12-11-6-4-3-5-10(11)7-8-13(12)22-14/h3-9H,2H2,1H3,(H,18,19,21). The molecule has 0 aliphatic heterocycles. The van der Waals surface area contributed by atoms with E-state index in [4.69, 9.17) is 4.42 Å². The lowest BCUT2D eigenvalue weighted by atomic mass is 10.1. The molecule has 0 radical (unpaired) electrons. The minimum Gasteiger partial charge on any atom is -0.451 e. The fourth-order valence-corrected chi connectivity index (χ4v) is 4.15. The Morgan fingerprint density at radius 3 is 2.96 bits per heavy atom. The molecule has 5 nitrogen and oxygen atoms in total. The van der Waals surface area contributed by atoms with Gasteiger partial charge in [-0.25, -0.2) is 0 Å². The molecule has 0 aliphatic carbocycles. The summed E-state index contributed by atoms with van der Waals surface area (Å²) in [5.41, 5.74) is 0.693. The molecule has 1 amide bonds. The first-order valence-corrected chi connectivity index (χ1v) is 9.24. The zero-order valence-electron chi connectivity index (χ0n) is 12.8. The van der Waals surface area contributed by atoms with Crippen LogP contribution in [0.15, 0.2) is 51.2 Å². The maximum atomic E-state index is 12.4. The fraction of sp³-hybridized carbons (Fsp3) is 0.118. The number of amides is 1. The van der Waals surface area contributed by atoms with E-state index in [1.807, 2.05) is 43.3 Å². The van der Waals surface area contributed by atoms with Crippen LogP contribution in [0.25, 0.3) is 21.7 Å². The molecule has 24 heavy (non-hydrogen) atoms. The molecule has 4 rings (SSSR count). The van der Waals surface area contributed by atoms with Crippen molar-refractivity contribution in [3.8, 4) is 0 Å². The average molecular weight is 355 g/mol. The SMILES string of the molecule is CCSc1nnc(NC(=O)c2cc3c(ccc4ccccc43)o2)s1. The van der Waals surface area contributed by atoms with Gasteiger partial charge >= 0.3 is 0 Å². The molecule has 0 saturated heterocycles. The third-order valence-corrected chi connectivity index (χ3v) is 5.40. The molecule has 0 bridgehead atoms. The Morgan fingerprint density at radius 2 is 2.08 bits per heavy atom. The van der Waals surface area contributed by atoms with E-state index < -0.39 is 0 Å². The number of rotatable bonds is 4. The van der Waals surface area contributed by atoms with Crippen LogP contribution >= 0.6 is 23.1 Å². The third kappa shape index (κ3) is 2.76. The van der Waals surface area contributed by atoms with Gasteiger partial charge in [0, 0.05) is 5.39 Å². The predicted molar refractivity (Wildman–Crippen MR) is 98.0 cm³/mol. The molecule has 7 heteroatoms. The summed E-state index contributed by atoms with van der Waals surface area (Å²) >= 11 is 2.95. The van der Waals surface area contributed by atoms with Gasteiger partial charge in [-0.2, -0.15) is 0 Å². The second kappa shape index (κ2) is 6.26. The number of benzene rings is 2. The molecule has 0 spiro atoms. The first-order chi connectivity index (χ1) is 11.7. The molecular weight excluding hydrogens is 342 g/mol. The van der Waals surface area contributed by atoms with Crippen LogP contribution in [-0.2, 0) is 0 Å². The fourth-order valence-electron chi connectivity index (χ4n) is 2.51. The Kier molecular flexibility index (Phi) is 3.95. The maximum absolute atomic E-state index is 12.4. The lowest BCUT2D eigenvalue weighted by molar-refractivity contribution is 0.0998. The molecule has 4 aromatic rings. The number of anilines is 1. The molecule has 0 saturated carbocycles. The van der Waals surface area contributed by atoms with Gasteiger partial charge in [0.05, 0.1) is 0 Å². The highest BCUT2D eigenvalue weighted by Gasteiger charge is 2.16. The van der Waals surface area contributed by atoms with Crippen molar-refractivity contribution in [3.63, 3.8) is 0 Å². The summed E-state index contributed by atoms with van der Waals surface area (Å²) < 4.78 is 6.54. The van der Waals surface area contributed by atoms with E-state index in [9.17, 15) is 4.79 Å². The van der Waals surface area contributed by atoms with Crippen molar-refractivity contribution in [2.45, 2.75) is 11.3 Å². The highest BCUT2D eigenvalue weighted by Crippen LogP contribution is 2.29. The van der Waals surface area contributed by atoms with Crippen LogP contribution in [0.3, 0.4) is 0 Å². The molecule has 1 N–H and O–H groups in total. The highest BCUT2D eigenvalue weighted by atomic mass is 32.2. The lowest BCUT2D eigenvalue weighted by Gasteiger charge is -1.96. The smallest absolute Gasteiger partial charge is 0.293 e. The molecule has 0 unspecified atom stereocenters. The summed E-state index contributed by atoms with van der Waals surface area (Å²) in [5.74, 6) is 0.861. The minimum atomic E-state index is -0.320. The number of fused-ring (bicyclic) bond motifs is 3. The minimum absolute atomic E-state index is 0.265. The zero-order chi connectivity index (χ0) is 16.5. The van der Waals surface area contributed by atoms with Crippen LogP contribution in [0.4, 0.5) is 5.13 Å². The Labute approximate surface area is 146 Å². The second-order valence-corrected chi connectivity index (χ2v) is 7.56. The highest BCUT2D eigenvalue weighted by molar-refractivity contribution is 8.01.